The summed E-state index contributed by atoms with van der Waals surface area (Å²) < 4.78 is 10.4. The minimum Gasteiger partial charge on any atom is -0.444 e. The maximum absolute atomic E-state index is 11.9. The van der Waals surface area contributed by atoms with E-state index < -0.39 is 11.7 Å². The summed E-state index contributed by atoms with van der Waals surface area (Å²) in [7, 11) is 3.37. The van der Waals surface area contributed by atoms with Gasteiger partial charge in [-0.05, 0) is 33.6 Å². The number of carbonyl (C=O) groups is 1. The minimum absolute atomic E-state index is 0.0684. The molecule has 23 heavy (non-hydrogen) atoms. The lowest BCUT2D eigenvalue weighted by atomic mass is 10.0. The van der Waals surface area contributed by atoms with Crippen molar-refractivity contribution in [3.8, 4) is 0 Å². The van der Waals surface area contributed by atoms with Crippen molar-refractivity contribution in [1.29, 1.82) is 0 Å². The van der Waals surface area contributed by atoms with E-state index in [1.54, 1.807) is 14.2 Å². The largest absolute Gasteiger partial charge is 0.444 e. The summed E-state index contributed by atoms with van der Waals surface area (Å²) in [5.74, 6) is 0.927. The molecule has 0 aromatic rings. The first-order valence-corrected chi connectivity index (χ1v) is 8.04. The maximum Gasteiger partial charge on any atom is 0.407 e. The van der Waals surface area contributed by atoms with E-state index in [2.05, 4.69) is 20.9 Å². The Bertz CT molecular complexity index is 378. The molecule has 0 saturated carbocycles. The molecule has 0 spiro atoms. The smallest absolute Gasteiger partial charge is 0.407 e. The zero-order valence-electron chi connectivity index (χ0n) is 15.8. The third-order valence-corrected chi connectivity index (χ3v) is 3.02. The van der Waals surface area contributed by atoms with Gasteiger partial charge in [-0.1, -0.05) is 13.8 Å². The SMILES string of the molecule is CN=C(NCC(NC(=O)OC(C)(C)C)C(C)C)NC(C)COC. The average Bonchev–Trinajstić information content (AvgIpc) is 2.39. The Morgan fingerprint density at radius 2 is 1.78 bits per heavy atom. The molecule has 7 nitrogen and oxygen atoms in total. The highest BCUT2D eigenvalue weighted by Gasteiger charge is 2.21. The lowest BCUT2D eigenvalue weighted by Crippen LogP contribution is -2.51. The predicted octanol–water partition coefficient (Wildman–Crippen LogP) is 1.74. The molecular formula is C16H34N4O3. The van der Waals surface area contributed by atoms with Gasteiger partial charge in [-0.2, -0.15) is 0 Å². The van der Waals surface area contributed by atoms with Crippen molar-refractivity contribution >= 4 is 12.1 Å². The van der Waals surface area contributed by atoms with Crippen molar-refractivity contribution in [1.82, 2.24) is 16.0 Å². The van der Waals surface area contributed by atoms with Crippen LogP contribution < -0.4 is 16.0 Å². The molecule has 0 bridgehead atoms. The summed E-state index contributed by atoms with van der Waals surface area (Å²) in [6.45, 7) is 12.8. The number of ether oxygens (including phenoxy) is 2. The summed E-state index contributed by atoms with van der Waals surface area (Å²) in [5, 5.41) is 9.34. The summed E-state index contributed by atoms with van der Waals surface area (Å²) in [6, 6.07) is 0.0728. The third-order valence-electron chi connectivity index (χ3n) is 3.02. The Hall–Kier alpha value is -1.50. The van der Waals surface area contributed by atoms with E-state index in [1.165, 1.54) is 0 Å². The lowest BCUT2D eigenvalue weighted by molar-refractivity contribution is 0.0491. The van der Waals surface area contributed by atoms with Crippen LogP contribution in [0.5, 0.6) is 0 Å². The van der Waals surface area contributed by atoms with Crippen molar-refractivity contribution < 1.29 is 14.3 Å². The molecule has 136 valence electrons. The van der Waals surface area contributed by atoms with Crippen molar-refractivity contribution in [3.63, 3.8) is 0 Å². The minimum atomic E-state index is -0.508. The molecule has 0 rings (SSSR count). The number of nitrogens with zero attached hydrogens (tertiary/aromatic N) is 1. The van der Waals surface area contributed by atoms with Crippen LogP contribution in [0.2, 0.25) is 0 Å². The zero-order valence-corrected chi connectivity index (χ0v) is 15.8. The second-order valence-corrected chi connectivity index (χ2v) is 6.95. The predicted molar refractivity (Wildman–Crippen MR) is 93.8 cm³/mol. The molecule has 0 heterocycles. The average molecular weight is 330 g/mol. The van der Waals surface area contributed by atoms with Crippen LogP contribution in [0, 0.1) is 5.92 Å². The third kappa shape index (κ3) is 10.8. The normalized spacial score (nSPS) is 15.1. The van der Waals surface area contributed by atoms with Gasteiger partial charge in [-0.25, -0.2) is 4.79 Å². The van der Waals surface area contributed by atoms with E-state index in [0.29, 0.717) is 19.1 Å². The fraction of sp³-hybridized carbons (Fsp3) is 0.875. The van der Waals surface area contributed by atoms with Gasteiger partial charge in [0.05, 0.1) is 12.6 Å². The van der Waals surface area contributed by atoms with Crippen LogP contribution in [0.15, 0.2) is 4.99 Å². The Balaban J connectivity index is 4.50. The first kappa shape index (κ1) is 21.5. The molecule has 2 atom stereocenters. The van der Waals surface area contributed by atoms with Crippen LogP contribution >= 0.6 is 0 Å². The second kappa shape index (κ2) is 10.3. The van der Waals surface area contributed by atoms with Crippen LogP contribution in [0.4, 0.5) is 4.79 Å². The zero-order chi connectivity index (χ0) is 18.0. The van der Waals surface area contributed by atoms with Gasteiger partial charge in [-0.3, -0.25) is 4.99 Å². The number of guanidine groups is 1. The van der Waals surface area contributed by atoms with Gasteiger partial charge in [0, 0.05) is 26.7 Å². The van der Waals surface area contributed by atoms with Gasteiger partial charge in [0.2, 0.25) is 0 Å². The fourth-order valence-corrected chi connectivity index (χ4v) is 1.84. The van der Waals surface area contributed by atoms with E-state index in [0.717, 1.165) is 0 Å². The van der Waals surface area contributed by atoms with Gasteiger partial charge in [0.15, 0.2) is 5.96 Å². The Morgan fingerprint density at radius 3 is 2.22 bits per heavy atom. The van der Waals surface area contributed by atoms with Crippen LogP contribution in [0.3, 0.4) is 0 Å². The van der Waals surface area contributed by atoms with E-state index in [4.69, 9.17) is 9.47 Å². The molecular weight excluding hydrogens is 296 g/mol. The fourth-order valence-electron chi connectivity index (χ4n) is 1.84. The molecule has 2 unspecified atom stereocenters. The first-order chi connectivity index (χ1) is 10.6. The summed E-state index contributed by atoms with van der Waals surface area (Å²) >= 11 is 0. The highest BCUT2D eigenvalue weighted by atomic mass is 16.6. The molecule has 0 saturated heterocycles. The number of rotatable bonds is 7. The van der Waals surface area contributed by atoms with Gasteiger partial charge in [0.25, 0.3) is 0 Å². The molecule has 0 aromatic heterocycles. The highest BCUT2D eigenvalue weighted by molar-refractivity contribution is 5.80. The monoisotopic (exact) mass is 330 g/mol. The molecule has 0 aromatic carbocycles. The first-order valence-electron chi connectivity index (χ1n) is 8.04. The molecule has 0 aliphatic rings. The lowest BCUT2D eigenvalue weighted by Gasteiger charge is -2.27. The molecule has 1 amide bonds. The quantitative estimate of drug-likeness (QED) is 0.489. The Morgan fingerprint density at radius 1 is 1.17 bits per heavy atom. The van der Waals surface area contributed by atoms with Gasteiger partial charge in [0.1, 0.15) is 5.60 Å². The molecule has 3 N–H and O–H groups in total. The topological polar surface area (TPSA) is 84.0 Å². The van der Waals surface area contributed by atoms with Crippen molar-refractivity contribution in [2.45, 2.75) is 59.2 Å². The van der Waals surface area contributed by atoms with Crippen molar-refractivity contribution in [2.24, 2.45) is 10.9 Å². The van der Waals surface area contributed by atoms with Crippen molar-refractivity contribution in [3.05, 3.63) is 0 Å². The molecule has 0 fully saturated rings. The number of carbonyl (C=O) groups excluding carboxylic acids is 1. The number of hydrogen-bond donors (Lipinski definition) is 3. The molecule has 0 radical (unpaired) electrons. The van der Waals surface area contributed by atoms with E-state index in [-0.39, 0.29) is 18.0 Å². The van der Waals surface area contributed by atoms with E-state index in [1.807, 2.05) is 41.5 Å². The van der Waals surface area contributed by atoms with Gasteiger partial charge < -0.3 is 25.4 Å². The number of methoxy groups -OCH3 is 1. The number of hydrogen-bond acceptors (Lipinski definition) is 4. The Labute approximate surface area is 140 Å². The maximum atomic E-state index is 11.9. The highest BCUT2D eigenvalue weighted by Crippen LogP contribution is 2.08. The molecule has 0 aliphatic heterocycles. The number of aliphatic imine (C=N–C) groups is 1. The molecule has 0 aliphatic carbocycles. The number of alkyl carbamates (subject to hydrolysis) is 1. The van der Waals surface area contributed by atoms with E-state index in [9.17, 15) is 4.79 Å². The number of amides is 1. The van der Waals surface area contributed by atoms with Crippen molar-refractivity contribution in [2.75, 3.05) is 27.3 Å². The van der Waals surface area contributed by atoms with Gasteiger partial charge in [-0.15, -0.1) is 0 Å². The Kier molecular flexibility index (Phi) is 9.64. The standard InChI is InChI=1S/C16H34N4O3/c1-11(2)13(20-15(21)23-16(4,5)6)9-18-14(17-7)19-12(3)10-22-8/h11-13H,9-10H2,1-8H3,(H,20,21)(H2,17,18,19). The molecule has 7 heteroatoms. The van der Waals surface area contributed by atoms with Crippen LogP contribution in [-0.2, 0) is 9.47 Å². The summed E-state index contributed by atoms with van der Waals surface area (Å²) in [6.07, 6.45) is -0.409. The summed E-state index contributed by atoms with van der Waals surface area (Å²) in [4.78, 5) is 16.1. The number of nitrogens with one attached hydrogen (secondary N) is 3. The van der Waals surface area contributed by atoms with Gasteiger partial charge >= 0.3 is 6.09 Å². The van der Waals surface area contributed by atoms with Crippen LogP contribution in [0.25, 0.3) is 0 Å². The van der Waals surface area contributed by atoms with E-state index >= 15 is 0 Å². The second-order valence-electron chi connectivity index (χ2n) is 6.95. The summed E-state index contributed by atoms with van der Waals surface area (Å²) in [5.41, 5.74) is -0.508. The van der Waals surface area contributed by atoms with Crippen LogP contribution in [-0.4, -0.2) is 57.0 Å². The van der Waals surface area contributed by atoms with Crippen LogP contribution in [0.1, 0.15) is 41.5 Å².